The molecule has 11 heavy (non-hydrogen) atoms. The Morgan fingerprint density at radius 1 is 1.36 bits per heavy atom. The fourth-order valence-electron chi connectivity index (χ4n) is 0.626. The fourth-order valence-corrected chi connectivity index (χ4v) is 0.949. The zero-order valence-electron chi connectivity index (χ0n) is 5.44. The molecule has 0 spiro atoms. The van der Waals surface area contributed by atoms with Crippen LogP contribution in [0, 0.1) is 0 Å². The summed E-state index contributed by atoms with van der Waals surface area (Å²) < 4.78 is 0. The van der Waals surface area contributed by atoms with Gasteiger partial charge in [0.05, 0.1) is 0 Å². The molecule has 0 bridgehead atoms. The summed E-state index contributed by atoms with van der Waals surface area (Å²) in [6.45, 7) is 0. The molecule has 0 unspecified atom stereocenters. The van der Waals surface area contributed by atoms with Crippen molar-refractivity contribution >= 4 is 42.0 Å². The van der Waals surface area contributed by atoms with E-state index in [4.69, 9.17) is 42.0 Å². The predicted molar refractivity (Wildman–Crippen MR) is 49.0 cm³/mol. The predicted octanol–water partition coefficient (Wildman–Crippen LogP) is 4.05. The van der Waals surface area contributed by atoms with Gasteiger partial charge in [0, 0.05) is 0 Å². The van der Waals surface area contributed by atoms with E-state index in [0.717, 1.165) is 12.0 Å². The van der Waals surface area contributed by atoms with Gasteiger partial charge >= 0.3 is 35.3 Å². The van der Waals surface area contributed by atoms with Crippen molar-refractivity contribution in [3.63, 3.8) is 0 Å². The van der Waals surface area contributed by atoms with Crippen LogP contribution in [0.2, 0.25) is 0 Å². The molecule has 0 aromatic heterocycles. The zero-order valence-corrected chi connectivity index (χ0v) is 10.5. The molecule has 0 aliphatic heterocycles. The van der Waals surface area contributed by atoms with Gasteiger partial charge in [0.25, 0.3) is 0 Å². The maximum atomic E-state index is 5.54. The number of alkyl halides is 2. The molecule has 64 valence electrons. The van der Waals surface area contributed by atoms with Gasteiger partial charge in [-0.3, -0.25) is 0 Å². The molecular weight excluding hydrogens is 310 g/mol. The van der Waals surface area contributed by atoms with E-state index in [2.05, 4.69) is 0 Å². The molecule has 0 aromatic carbocycles. The van der Waals surface area contributed by atoms with Gasteiger partial charge in [-0.25, -0.2) is 0 Å². The third-order valence-corrected chi connectivity index (χ3v) is 1.64. The van der Waals surface area contributed by atoms with Crippen molar-refractivity contribution in [2.75, 3.05) is 0 Å². The first kappa shape index (κ1) is 12.3. The minimum atomic E-state index is -0.586. The molecule has 0 heterocycles. The van der Waals surface area contributed by atoms with Crippen LogP contribution < -0.4 is 0 Å². The van der Waals surface area contributed by atoms with Crippen molar-refractivity contribution < 1.29 is 16.5 Å². The van der Waals surface area contributed by atoms with Crippen LogP contribution in [0.5, 0.6) is 0 Å². The first-order chi connectivity index (χ1) is 5.22. The van der Waals surface area contributed by atoms with Crippen molar-refractivity contribution in [2.45, 2.75) is 11.3 Å². The molecule has 0 saturated heterocycles. The maximum absolute atomic E-state index is 5.54. The number of rotatable bonds is 1. The molecule has 0 saturated carbocycles. The summed E-state index contributed by atoms with van der Waals surface area (Å²) in [6.07, 6.45) is 6.86. The Morgan fingerprint density at radius 3 is 2.09 bits per heavy atom. The van der Waals surface area contributed by atoms with Gasteiger partial charge < -0.3 is 0 Å². The summed E-state index contributed by atoms with van der Waals surface area (Å²) in [5.41, 5.74) is 1.09. The Morgan fingerprint density at radius 2 is 1.91 bits per heavy atom. The second kappa shape index (κ2) is 7.95. The molecular formula is C6H6Cl4Mo. The third kappa shape index (κ3) is 6.49. The Hall–Kier alpha value is 1.33. The molecule has 0 N–H and O–H groups in total. The number of hydrogen-bond acceptors (Lipinski definition) is 0. The summed E-state index contributed by atoms with van der Waals surface area (Å²) in [4.78, 5) is -0.315. The van der Waals surface area contributed by atoms with Crippen LogP contribution in [0.4, 0.5) is 0 Å². The topological polar surface area (TPSA) is 0 Å². The van der Waals surface area contributed by atoms with Crippen LogP contribution in [0.15, 0.2) is 23.8 Å². The Balaban J connectivity index is 0.000000292. The van der Waals surface area contributed by atoms with E-state index < -0.39 is 16.5 Å². The van der Waals surface area contributed by atoms with Gasteiger partial charge in [-0.2, -0.15) is 0 Å². The van der Waals surface area contributed by atoms with Crippen molar-refractivity contribution in [1.29, 1.82) is 0 Å². The molecule has 0 aromatic rings. The van der Waals surface area contributed by atoms with Crippen molar-refractivity contribution in [1.82, 2.24) is 0 Å². The molecule has 5 heteroatoms. The molecule has 1 aliphatic carbocycles. The van der Waals surface area contributed by atoms with Gasteiger partial charge in [-0.15, -0.1) is 23.2 Å². The molecule has 0 atom stereocenters. The van der Waals surface area contributed by atoms with Crippen LogP contribution in [0.1, 0.15) is 6.42 Å². The van der Waals surface area contributed by atoms with Crippen LogP contribution in [0.25, 0.3) is 0 Å². The van der Waals surface area contributed by atoms with Crippen molar-refractivity contribution in [2.24, 2.45) is 0 Å². The standard InChI is InChI=1S/C6H6Cl2.2ClH.Mo/c7-6(8)5-3-1-2-4-5;;;/h1-3,6H,4H2;2*1H;/q;;;+2/p-2. The molecule has 0 fully saturated rings. The van der Waals surface area contributed by atoms with E-state index in [1.807, 2.05) is 18.2 Å². The van der Waals surface area contributed by atoms with Gasteiger partial charge in [0.15, 0.2) is 0 Å². The van der Waals surface area contributed by atoms with Crippen molar-refractivity contribution in [3.8, 4) is 0 Å². The normalized spacial score (nSPS) is 14.5. The Kier molecular flexibility index (Phi) is 8.91. The minimum absolute atomic E-state index is 0.315. The van der Waals surface area contributed by atoms with E-state index >= 15 is 0 Å². The van der Waals surface area contributed by atoms with E-state index in [0.29, 0.717) is 0 Å². The Labute approximate surface area is 92.9 Å². The average molecular weight is 316 g/mol. The monoisotopic (exact) mass is 316 g/mol. The van der Waals surface area contributed by atoms with Gasteiger partial charge in [0.1, 0.15) is 4.84 Å². The van der Waals surface area contributed by atoms with E-state index in [1.165, 1.54) is 0 Å². The number of halogens is 4. The number of allylic oxidation sites excluding steroid dienone is 4. The Bertz CT molecular complexity index is 153. The third-order valence-electron chi connectivity index (χ3n) is 1.08. The van der Waals surface area contributed by atoms with Crippen LogP contribution in [-0.2, 0) is 16.5 Å². The molecule has 1 rings (SSSR count). The summed E-state index contributed by atoms with van der Waals surface area (Å²) in [6, 6.07) is 0. The summed E-state index contributed by atoms with van der Waals surface area (Å²) in [5.74, 6) is 0. The van der Waals surface area contributed by atoms with Crippen LogP contribution in [0.3, 0.4) is 0 Å². The van der Waals surface area contributed by atoms with Gasteiger partial charge in [-0.1, -0.05) is 18.2 Å². The first-order valence-electron chi connectivity index (χ1n) is 2.75. The molecule has 0 nitrogen and oxygen atoms in total. The van der Waals surface area contributed by atoms with Crippen molar-refractivity contribution in [3.05, 3.63) is 23.8 Å². The van der Waals surface area contributed by atoms with E-state index in [1.54, 1.807) is 0 Å². The first-order valence-corrected chi connectivity index (χ1v) is 8.79. The second-order valence-electron chi connectivity index (χ2n) is 1.73. The van der Waals surface area contributed by atoms with Gasteiger partial charge in [-0.05, 0) is 12.0 Å². The SMILES string of the molecule is ClC(Cl)C1=CC=CC1.[Cl][Mo][Cl]. The quantitative estimate of drug-likeness (QED) is 0.506. The van der Waals surface area contributed by atoms with Crippen LogP contribution in [-0.4, -0.2) is 4.84 Å². The number of hydrogen-bond donors (Lipinski definition) is 0. The van der Waals surface area contributed by atoms with Gasteiger partial charge in [0.2, 0.25) is 0 Å². The molecule has 1 aliphatic rings. The second-order valence-corrected chi connectivity index (χ2v) is 5.88. The molecule has 0 amide bonds. The molecule has 0 radical (unpaired) electrons. The summed E-state index contributed by atoms with van der Waals surface area (Å²) >= 11 is 10.5. The summed E-state index contributed by atoms with van der Waals surface area (Å²) in [5, 5.41) is 0. The van der Waals surface area contributed by atoms with E-state index in [9.17, 15) is 0 Å². The van der Waals surface area contributed by atoms with E-state index in [-0.39, 0.29) is 4.84 Å². The average Bonchev–Trinajstić information content (AvgIpc) is 2.38. The zero-order chi connectivity index (χ0) is 8.69. The van der Waals surface area contributed by atoms with Crippen LogP contribution >= 0.6 is 42.0 Å². The summed E-state index contributed by atoms with van der Waals surface area (Å²) in [7, 11) is 9.79. The fraction of sp³-hybridized carbons (Fsp3) is 0.333.